The number of amides is 1. The first-order chi connectivity index (χ1) is 6.02. The maximum Gasteiger partial charge on any atom is 0.225 e. The lowest BCUT2D eigenvalue weighted by atomic mass is 10.0. The molecule has 0 aromatic heterocycles. The average molecular weight is 248 g/mol. The van der Waals surface area contributed by atoms with E-state index >= 15 is 0 Å². The molecule has 0 aromatic rings. The maximum atomic E-state index is 11.8. The van der Waals surface area contributed by atoms with Crippen molar-refractivity contribution in [3.63, 3.8) is 0 Å². The summed E-state index contributed by atoms with van der Waals surface area (Å²) in [6.45, 7) is 6.94. The number of rotatable bonds is 1. The fourth-order valence-electron chi connectivity index (χ4n) is 1.70. The molecule has 0 aliphatic carbocycles. The summed E-state index contributed by atoms with van der Waals surface area (Å²) in [7, 11) is 0. The Morgan fingerprint density at radius 2 is 2.08 bits per heavy atom. The van der Waals surface area contributed by atoms with E-state index in [9.17, 15) is 4.79 Å². The molecule has 0 aromatic carbocycles. The van der Waals surface area contributed by atoms with Crippen LogP contribution in [-0.4, -0.2) is 28.2 Å². The molecule has 0 spiro atoms. The Morgan fingerprint density at radius 1 is 1.46 bits per heavy atom. The number of alkyl halides is 1. The monoisotopic (exact) mass is 247 g/mol. The van der Waals surface area contributed by atoms with Crippen molar-refractivity contribution < 1.29 is 4.79 Å². The van der Waals surface area contributed by atoms with Gasteiger partial charge in [0, 0.05) is 23.3 Å². The first-order valence-corrected chi connectivity index (χ1v) is 5.88. The zero-order valence-electron chi connectivity index (χ0n) is 8.59. The Bertz CT molecular complexity index is 193. The molecule has 0 radical (unpaired) electrons. The van der Waals surface area contributed by atoms with Gasteiger partial charge in [-0.2, -0.15) is 0 Å². The normalized spacial score (nSPS) is 29.5. The minimum Gasteiger partial charge on any atom is -0.339 e. The zero-order valence-corrected chi connectivity index (χ0v) is 10.2. The third kappa shape index (κ3) is 2.70. The van der Waals surface area contributed by atoms with Crippen molar-refractivity contribution in [1.82, 2.24) is 4.90 Å². The van der Waals surface area contributed by atoms with E-state index in [1.807, 2.05) is 18.7 Å². The minimum atomic E-state index is 0.125. The van der Waals surface area contributed by atoms with Crippen molar-refractivity contribution in [2.75, 3.05) is 6.54 Å². The topological polar surface area (TPSA) is 20.3 Å². The summed E-state index contributed by atoms with van der Waals surface area (Å²) in [5, 5.41) is 0. The second-order valence-electron chi connectivity index (χ2n) is 4.17. The van der Waals surface area contributed by atoms with Gasteiger partial charge < -0.3 is 4.90 Å². The van der Waals surface area contributed by atoms with E-state index in [2.05, 4.69) is 22.9 Å². The van der Waals surface area contributed by atoms with Crippen LogP contribution in [0.1, 0.15) is 33.6 Å². The SMILES string of the molecule is CC(C)C(=O)N1CC(Br)CCC1C. The third-order valence-electron chi connectivity index (χ3n) is 2.60. The van der Waals surface area contributed by atoms with Crippen LogP contribution < -0.4 is 0 Å². The van der Waals surface area contributed by atoms with Gasteiger partial charge in [0.25, 0.3) is 0 Å². The maximum absolute atomic E-state index is 11.8. The molecular weight excluding hydrogens is 230 g/mol. The largest absolute Gasteiger partial charge is 0.339 e. The second kappa shape index (κ2) is 4.45. The lowest BCUT2D eigenvalue weighted by Gasteiger charge is -2.37. The van der Waals surface area contributed by atoms with Crippen molar-refractivity contribution in [3.05, 3.63) is 0 Å². The molecule has 1 saturated heterocycles. The molecule has 1 heterocycles. The molecule has 1 fully saturated rings. The van der Waals surface area contributed by atoms with E-state index < -0.39 is 0 Å². The standard InChI is InChI=1S/C10H18BrNO/c1-7(2)10(13)12-6-9(11)5-4-8(12)3/h7-9H,4-6H2,1-3H3. The average Bonchev–Trinajstić information content (AvgIpc) is 2.08. The van der Waals surface area contributed by atoms with E-state index in [0.29, 0.717) is 10.9 Å². The van der Waals surface area contributed by atoms with Gasteiger partial charge in [0.15, 0.2) is 0 Å². The Kier molecular flexibility index (Phi) is 3.77. The Hall–Kier alpha value is -0.0500. The van der Waals surface area contributed by atoms with Gasteiger partial charge in [-0.3, -0.25) is 4.79 Å². The molecule has 0 saturated carbocycles. The lowest BCUT2D eigenvalue weighted by Crippen LogP contribution is -2.47. The highest BCUT2D eigenvalue weighted by atomic mass is 79.9. The van der Waals surface area contributed by atoms with Crippen LogP contribution in [0.15, 0.2) is 0 Å². The van der Waals surface area contributed by atoms with Crippen molar-refractivity contribution in [2.45, 2.75) is 44.5 Å². The van der Waals surface area contributed by atoms with Crippen molar-refractivity contribution >= 4 is 21.8 Å². The quantitative estimate of drug-likeness (QED) is 0.652. The molecule has 2 nitrogen and oxygen atoms in total. The molecule has 0 bridgehead atoms. The van der Waals surface area contributed by atoms with Crippen LogP contribution in [0.3, 0.4) is 0 Å². The summed E-state index contributed by atoms with van der Waals surface area (Å²) >= 11 is 3.58. The van der Waals surface area contributed by atoms with Gasteiger partial charge in [-0.05, 0) is 19.8 Å². The number of piperidine rings is 1. The molecule has 1 rings (SSSR count). The number of carbonyl (C=O) groups is 1. The van der Waals surface area contributed by atoms with Crippen molar-refractivity contribution in [3.8, 4) is 0 Å². The number of hydrogen-bond acceptors (Lipinski definition) is 1. The van der Waals surface area contributed by atoms with Gasteiger partial charge in [0.2, 0.25) is 5.91 Å². The van der Waals surface area contributed by atoms with Gasteiger partial charge in [-0.1, -0.05) is 29.8 Å². The lowest BCUT2D eigenvalue weighted by molar-refractivity contribution is -0.137. The first-order valence-electron chi connectivity index (χ1n) is 4.97. The van der Waals surface area contributed by atoms with Crippen LogP contribution in [0.25, 0.3) is 0 Å². The summed E-state index contributed by atoms with van der Waals surface area (Å²) in [5.74, 6) is 0.414. The van der Waals surface area contributed by atoms with Crippen LogP contribution >= 0.6 is 15.9 Å². The highest BCUT2D eigenvalue weighted by Crippen LogP contribution is 2.23. The fraction of sp³-hybridized carbons (Fsp3) is 0.900. The molecule has 0 N–H and O–H groups in total. The Labute approximate surface area is 88.8 Å². The van der Waals surface area contributed by atoms with Gasteiger partial charge in [0.05, 0.1) is 0 Å². The van der Waals surface area contributed by atoms with Crippen molar-refractivity contribution in [1.29, 1.82) is 0 Å². The smallest absolute Gasteiger partial charge is 0.225 e. The Morgan fingerprint density at radius 3 is 2.62 bits per heavy atom. The van der Waals surface area contributed by atoms with E-state index in [1.165, 1.54) is 6.42 Å². The van der Waals surface area contributed by atoms with Crippen LogP contribution in [0.5, 0.6) is 0 Å². The van der Waals surface area contributed by atoms with E-state index in [-0.39, 0.29) is 11.8 Å². The van der Waals surface area contributed by atoms with E-state index in [0.717, 1.165) is 13.0 Å². The summed E-state index contributed by atoms with van der Waals surface area (Å²) in [4.78, 5) is 14.3. The first kappa shape index (κ1) is 11.0. The fourth-order valence-corrected chi connectivity index (χ4v) is 2.28. The number of hydrogen-bond donors (Lipinski definition) is 0. The molecule has 13 heavy (non-hydrogen) atoms. The van der Waals surface area contributed by atoms with Crippen molar-refractivity contribution in [2.24, 2.45) is 5.92 Å². The molecular formula is C10H18BrNO. The van der Waals surface area contributed by atoms with Gasteiger partial charge in [0.1, 0.15) is 0 Å². The predicted molar refractivity (Wildman–Crippen MR) is 58.0 cm³/mol. The van der Waals surface area contributed by atoms with Crippen LogP contribution in [0.4, 0.5) is 0 Å². The Balaban J connectivity index is 2.60. The summed E-state index contributed by atoms with van der Waals surface area (Å²) in [6, 6.07) is 0.420. The highest BCUT2D eigenvalue weighted by Gasteiger charge is 2.28. The van der Waals surface area contributed by atoms with Gasteiger partial charge in [-0.15, -0.1) is 0 Å². The number of nitrogens with zero attached hydrogens (tertiary/aromatic N) is 1. The molecule has 1 aliphatic heterocycles. The third-order valence-corrected chi connectivity index (χ3v) is 3.35. The number of halogens is 1. The predicted octanol–water partition coefficient (Wildman–Crippen LogP) is 2.42. The summed E-state index contributed by atoms with van der Waals surface area (Å²) in [5.41, 5.74) is 0. The summed E-state index contributed by atoms with van der Waals surface area (Å²) in [6.07, 6.45) is 2.30. The number of likely N-dealkylation sites (tertiary alicyclic amines) is 1. The van der Waals surface area contributed by atoms with Crippen LogP contribution in [-0.2, 0) is 4.79 Å². The summed E-state index contributed by atoms with van der Waals surface area (Å²) < 4.78 is 0. The minimum absolute atomic E-state index is 0.125. The highest BCUT2D eigenvalue weighted by molar-refractivity contribution is 9.09. The molecule has 76 valence electrons. The van der Waals surface area contributed by atoms with Gasteiger partial charge >= 0.3 is 0 Å². The van der Waals surface area contributed by atoms with Gasteiger partial charge in [-0.25, -0.2) is 0 Å². The van der Waals surface area contributed by atoms with Crippen LogP contribution in [0, 0.1) is 5.92 Å². The zero-order chi connectivity index (χ0) is 10.0. The second-order valence-corrected chi connectivity index (χ2v) is 5.46. The molecule has 3 heteroatoms. The van der Waals surface area contributed by atoms with Crippen LogP contribution in [0.2, 0.25) is 0 Å². The van der Waals surface area contributed by atoms with E-state index in [4.69, 9.17) is 0 Å². The van der Waals surface area contributed by atoms with E-state index in [1.54, 1.807) is 0 Å². The molecule has 1 aliphatic rings. The number of carbonyl (C=O) groups excluding carboxylic acids is 1. The molecule has 2 atom stereocenters. The molecule has 1 amide bonds. The molecule has 2 unspecified atom stereocenters.